The van der Waals surface area contributed by atoms with Gasteiger partial charge in [-0.25, -0.2) is 13.8 Å². The number of ether oxygens (including phenoxy) is 1. The largest absolute Gasteiger partial charge is 0.509 e. The van der Waals surface area contributed by atoms with E-state index in [4.69, 9.17) is 9.72 Å². The molecule has 388 valence electrons. The Hall–Kier alpha value is -7.90. The van der Waals surface area contributed by atoms with E-state index in [1.54, 1.807) is 30.5 Å². The van der Waals surface area contributed by atoms with Gasteiger partial charge >= 0.3 is 0 Å². The summed E-state index contributed by atoms with van der Waals surface area (Å²) in [6, 6.07) is 68.4. The summed E-state index contributed by atoms with van der Waals surface area (Å²) in [5.41, 5.74) is 11.6. The minimum atomic E-state index is -1.86. The molecular formula is C69H53F2N4OPtS-3. The molecule has 1 aliphatic rings. The number of hydrogen-bond acceptors (Lipinski definition) is 5. The number of rotatable bonds is 9. The van der Waals surface area contributed by atoms with Crippen LogP contribution in [0, 0.1) is 35.9 Å². The van der Waals surface area contributed by atoms with Crippen LogP contribution in [-0.2, 0) is 32.9 Å². The Kier molecular flexibility index (Phi) is 12.3. The van der Waals surface area contributed by atoms with E-state index in [1.165, 1.54) is 35.1 Å². The van der Waals surface area contributed by atoms with Gasteiger partial charge in [-0.15, -0.1) is 59.4 Å². The van der Waals surface area contributed by atoms with Crippen LogP contribution in [0.3, 0.4) is 0 Å². The zero-order chi connectivity index (χ0) is 54.5. The second kappa shape index (κ2) is 19.8. The molecule has 0 saturated heterocycles. The molecule has 0 fully saturated rings. The fourth-order valence-corrected chi connectivity index (χ4v) is 12.0. The van der Waals surface area contributed by atoms with Gasteiger partial charge in [0.15, 0.2) is 0 Å². The van der Waals surface area contributed by atoms with E-state index in [2.05, 4.69) is 146 Å². The summed E-state index contributed by atoms with van der Waals surface area (Å²) in [4.78, 5) is 9.51. The number of aromatic nitrogens is 2. The van der Waals surface area contributed by atoms with Gasteiger partial charge in [-0.2, -0.15) is 12.1 Å². The van der Waals surface area contributed by atoms with Crippen molar-refractivity contribution in [3.8, 4) is 50.7 Å². The Morgan fingerprint density at radius 2 is 1.22 bits per heavy atom. The van der Waals surface area contributed by atoms with E-state index in [0.29, 0.717) is 44.2 Å². The zero-order valence-corrected chi connectivity index (χ0v) is 46.8. The summed E-state index contributed by atoms with van der Waals surface area (Å²) in [6.45, 7) is 14.5. The molecule has 1 aliphatic heterocycles. The maximum atomic E-state index is 15.5. The monoisotopic (exact) mass is 1220 g/mol. The molecule has 9 heteroatoms. The van der Waals surface area contributed by atoms with Crippen LogP contribution in [0.4, 0.5) is 31.5 Å². The van der Waals surface area contributed by atoms with Crippen LogP contribution >= 0.6 is 11.3 Å². The zero-order valence-electron chi connectivity index (χ0n) is 45.7. The number of nitrogens with zero attached hydrogens (tertiary/aromatic N) is 4. The van der Waals surface area contributed by atoms with Crippen molar-refractivity contribution in [1.29, 1.82) is 0 Å². The molecule has 0 N–H and O–H groups in total. The molecule has 3 aromatic heterocycles. The minimum Gasteiger partial charge on any atom is -0.509 e. The van der Waals surface area contributed by atoms with Crippen molar-refractivity contribution in [1.82, 2.24) is 9.55 Å². The second-order valence-corrected chi connectivity index (χ2v) is 22.7. The molecule has 0 bridgehead atoms. The topological polar surface area (TPSA) is 33.5 Å². The van der Waals surface area contributed by atoms with Gasteiger partial charge in [0.2, 0.25) is 0 Å². The van der Waals surface area contributed by atoms with E-state index >= 15 is 4.39 Å². The first-order valence-corrected chi connectivity index (χ1v) is 26.6. The normalized spacial score (nSPS) is 13.3. The first kappa shape index (κ1) is 48.5. The van der Waals surface area contributed by atoms with Crippen LogP contribution in [0.25, 0.3) is 81.2 Å². The quantitative estimate of drug-likeness (QED) is 0.135. The van der Waals surface area contributed by atoms with Crippen molar-refractivity contribution in [2.45, 2.75) is 53.3 Å². The third-order valence-corrected chi connectivity index (χ3v) is 15.5. The summed E-state index contributed by atoms with van der Waals surface area (Å²) in [7, 11) is 0. The smallest absolute Gasteiger partial charge is 0.141 e. The molecule has 13 rings (SSSR count). The van der Waals surface area contributed by atoms with Crippen LogP contribution in [-0.4, -0.2) is 9.55 Å². The molecule has 9 aromatic carbocycles. The Labute approximate surface area is 475 Å². The SMILES string of the molecule is [2H]C([2H])(c1cc(-n2c3[c-]c(Oc4[c-]c(N5[CH-]N(c6c(-c7ccccc7)cc(C(C)(C)C)cc6-c6ccccc6)c6ccccc65)ccc4)ccc3c3c4sc5c(F)cccc5c4ccc32)ncc1-c1ccc(F)cc1)C(C)(C)C.[Pt]. The van der Waals surface area contributed by atoms with Crippen molar-refractivity contribution < 1.29 is 37.3 Å². The van der Waals surface area contributed by atoms with Crippen LogP contribution in [0.1, 0.15) is 55.4 Å². The number of thiophene rings is 1. The van der Waals surface area contributed by atoms with Gasteiger partial charge in [-0.05, 0) is 105 Å². The number of fused-ring (bicyclic) bond motifs is 8. The molecule has 12 aromatic rings. The number of benzene rings is 9. The van der Waals surface area contributed by atoms with E-state index in [-0.39, 0.29) is 38.1 Å². The molecule has 5 nitrogen and oxygen atoms in total. The van der Waals surface area contributed by atoms with E-state index in [9.17, 15) is 7.13 Å². The predicted molar refractivity (Wildman–Crippen MR) is 315 cm³/mol. The predicted octanol–water partition coefficient (Wildman–Crippen LogP) is 19.5. The van der Waals surface area contributed by atoms with Crippen LogP contribution < -0.4 is 14.5 Å². The summed E-state index contributed by atoms with van der Waals surface area (Å²) < 4.78 is 59.3. The molecule has 0 saturated carbocycles. The Bertz CT molecular complexity index is 4300. The standard InChI is InChI=1S/C69H53F2N4OS.Pt/c1-68(2,3)40-46-35-63(72-41-57(46)45-27-29-48(70)30-28-45)75-61-34-33-53-52-23-16-24-58(71)66(52)77-67(53)64(61)54-32-31-51(39-62(54)75)76-50-22-15-21-49(38-50)73-42-74(60-26-14-13-25-59(60)73)65-55(43-17-9-7-10-18-43)36-47(69(4,5)6)37-56(65)44-19-11-8-12-20-44;/h7-37,41-42H,40H2,1-6H3;/q-3;/i40D2;. The van der Waals surface area contributed by atoms with Gasteiger partial charge in [-0.1, -0.05) is 150 Å². The Morgan fingerprint density at radius 1 is 0.603 bits per heavy atom. The minimum absolute atomic E-state index is 0. The fourth-order valence-electron chi connectivity index (χ4n) is 10.7. The molecule has 0 spiro atoms. The molecule has 0 aliphatic carbocycles. The molecule has 0 unspecified atom stereocenters. The number of halogens is 2. The Balaban J connectivity index is 0.00000637. The average molecular weight is 1220 g/mol. The first-order chi connectivity index (χ1) is 38.0. The molecule has 0 atom stereocenters. The van der Waals surface area contributed by atoms with Crippen molar-refractivity contribution >= 4 is 76.1 Å². The van der Waals surface area contributed by atoms with Crippen LogP contribution in [0.5, 0.6) is 11.5 Å². The summed E-state index contributed by atoms with van der Waals surface area (Å²) in [5, 5.41) is 3.49. The fraction of sp³-hybridized carbons (Fsp3) is 0.130. The molecule has 4 heterocycles. The first-order valence-electron chi connectivity index (χ1n) is 26.8. The second-order valence-electron chi connectivity index (χ2n) is 21.7. The summed E-state index contributed by atoms with van der Waals surface area (Å²) in [5.74, 6) is 0.672. The van der Waals surface area contributed by atoms with Crippen molar-refractivity contribution in [3.05, 3.63) is 236 Å². The Morgan fingerprint density at radius 3 is 1.90 bits per heavy atom. The maximum absolute atomic E-state index is 15.5. The van der Waals surface area contributed by atoms with Crippen molar-refractivity contribution in [2.75, 3.05) is 9.80 Å². The van der Waals surface area contributed by atoms with Gasteiger partial charge in [0, 0.05) is 96.2 Å². The third kappa shape index (κ3) is 9.15. The van der Waals surface area contributed by atoms with Gasteiger partial charge < -0.3 is 19.1 Å². The van der Waals surface area contributed by atoms with E-state index in [0.717, 1.165) is 76.8 Å². The van der Waals surface area contributed by atoms with Gasteiger partial charge in [0.25, 0.3) is 0 Å². The van der Waals surface area contributed by atoms with E-state index in [1.807, 2.05) is 73.9 Å². The van der Waals surface area contributed by atoms with Gasteiger partial charge in [0.1, 0.15) is 17.5 Å². The number of pyridine rings is 1. The van der Waals surface area contributed by atoms with Crippen LogP contribution in [0.2, 0.25) is 0 Å². The molecule has 0 amide bonds. The molecule has 0 radical (unpaired) electrons. The maximum Gasteiger partial charge on any atom is 0.141 e. The van der Waals surface area contributed by atoms with Crippen molar-refractivity contribution in [2.24, 2.45) is 5.41 Å². The van der Waals surface area contributed by atoms with Gasteiger partial charge in [0.05, 0.1) is 4.70 Å². The van der Waals surface area contributed by atoms with Gasteiger partial charge in [-0.3, -0.25) is 0 Å². The van der Waals surface area contributed by atoms with Crippen molar-refractivity contribution in [3.63, 3.8) is 0 Å². The average Bonchev–Trinajstić information content (AvgIpc) is 4.15. The third-order valence-electron chi connectivity index (χ3n) is 14.3. The number of hydrogen-bond donors (Lipinski definition) is 0. The summed E-state index contributed by atoms with van der Waals surface area (Å²) >= 11 is 1.41. The number of para-hydroxylation sites is 2. The van der Waals surface area contributed by atoms with E-state index < -0.39 is 11.8 Å². The molecule has 78 heavy (non-hydrogen) atoms. The number of anilines is 4. The molecular weight excluding hydrogens is 1170 g/mol. The summed E-state index contributed by atoms with van der Waals surface area (Å²) in [6.07, 6.45) is -0.189. The van der Waals surface area contributed by atoms with Crippen LogP contribution in [0.15, 0.2) is 194 Å².